The van der Waals surface area contributed by atoms with Crippen molar-refractivity contribution in [3.8, 4) is 22.9 Å². The maximum absolute atomic E-state index is 10.2. The first-order chi connectivity index (χ1) is 17.2. The smallest absolute Gasteiger partial charge is 0.101 e. The van der Waals surface area contributed by atoms with Crippen LogP contribution in [0.1, 0.15) is 18.1 Å². The van der Waals surface area contributed by atoms with Crippen molar-refractivity contribution in [1.82, 2.24) is 4.57 Å². The molecule has 3 heteroatoms. The van der Waals surface area contributed by atoms with E-state index in [1.165, 1.54) is 26.8 Å². The first kappa shape index (κ1) is 20.4. The largest absolute Gasteiger partial charge is 0.307 e. The Balaban J connectivity index is 1.58. The number of fused-ring (bicyclic) bond motifs is 6. The molecule has 0 saturated carbocycles. The quantitative estimate of drug-likeness (QED) is 0.262. The van der Waals surface area contributed by atoms with Gasteiger partial charge in [0.2, 0.25) is 0 Å². The fraction of sp³-hybridized carbons (Fsp3) is 0.0938. The standard InChI is InChI=1S/C32H22N2S/c1-32-19-7-6-18-29(32)35-31-25(14-9-15-26(31)32)24-13-8-10-21(20-33)30(24)34-27-16-4-2-11-22(27)23-12-3-5-17-28(23)34/h2-19,29H,1H3. The molecule has 1 aliphatic heterocycles. The van der Waals surface area contributed by atoms with Gasteiger partial charge in [-0.2, -0.15) is 5.26 Å². The molecule has 166 valence electrons. The van der Waals surface area contributed by atoms with E-state index in [1.807, 2.05) is 23.9 Å². The monoisotopic (exact) mass is 466 g/mol. The van der Waals surface area contributed by atoms with Crippen molar-refractivity contribution >= 4 is 33.6 Å². The van der Waals surface area contributed by atoms with Crippen molar-refractivity contribution in [2.45, 2.75) is 22.5 Å². The highest BCUT2D eigenvalue weighted by molar-refractivity contribution is 8.00. The normalized spacial score (nSPS) is 20.2. The predicted octanol–water partition coefficient (Wildman–Crippen LogP) is 8.18. The van der Waals surface area contributed by atoms with Gasteiger partial charge in [-0.3, -0.25) is 0 Å². The number of benzene rings is 4. The molecule has 0 fully saturated rings. The van der Waals surface area contributed by atoms with E-state index in [2.05, 4.69) is 115 Å². The Kier molecular flexibility index (Phi) is 4.37. The zero-order chi connectivity index (χ0) is 23.6. The summed E-state index contributed by atoms with van der Waals surface area (Å²) in [5, 5.41) is 13.0. The minimum atomic E-state index is -0.0232. The zero-order valence-electron chi connectivity index (χ0n) is 19.3. The molecule has 0 bridgehead atoms. The van der Waals surface area contributed by atoms with E-state index in [0.29, 0.717) is 10.8 Å². The predicted molar refractivity (Wildman–Crippen MR) is 146 cm³/mol. The topological polar surface area (TPSA) is 28.7 Å². The molecule has 2 heterocycles. The molecule has 5 aromatic rings. The molecule has 0 N–H and O–H groups in total. The Morgan fingerprint density at radius 1 is 0.800 bits per heavy atom. The van der Waals surface area contributed by atoms with Crippen LogP contribution in [0.4, 0.5) is 0 Å². The van der Waals surface area contributed by atoms with E-state index in [4.69, 9.17) is 0 Å². The number of aromatic nitrogens is 1. The van der Waals surface area contributed by atoms with Gasteiger partial charge in [0.05, 0.1) is 22.3 Å². The Morgan fingerprint density at radius 2 is 1.49 bits per heavy atom. The molecule has 0 spiro atoms. The first-order valence-corrected chi connectivity index (χ1v) is 12.8. The molecule has 1 aliphatic carbocycles. The van der Waals surface area contributed by atoms with Crippen LogP contribution >= 0.6 is 11.8 Å². The number of hydrogen-bond donors (Lipinski definition) is 0. The Hall–Kier alpha value is -4.00. The van der Waals surface area contributed by atoms with Gasteiger partial charge in [0.1, 0.15) is 6.07 Å². The lowest BCUT2D eigenvalue weighted by molar-refractivity contribution is 0.620. The van der Waals surface area contributed by atoms with E-state index in [9.17, 15) is 5.26 Å². The van der Waals surface area contributed by atoms with Crippen molar-refractivity contribution in [3.63, 3.8) is 0 Å². The SMILES string of the molecule is CC12C=CC=CC1Sc1c(-c3cccc(C#N)c3-n3c4ccccc4c4ccccc43)cccc12. The van der Waals surface area contributed by atoms with E-state index in [1.54, 1.807) is 0 Å². The number of nitrogens with zero attached hydrogens (tertiary/aromatic N) is 2. The first-order valence-electron chi connectivity index (χ1n) is 11.9. The lowest BCUT2D eigenvalue weighted by atomic mass is 9.76. The maximum atomic E-state index is 10.2. The summed E-state index contributed by atoms with van der Waals surface area (Å²) >= 11 is 1.94. The minimum absolute atomic E-state index is 0.0232. The summed E-state index contributed by atoms with van der Waals surface area (Å²) in [6.07, 6.45) is 8.97. The fourth-order valence-corrected chi connectivity index (χ4v) is 7.40. The van der Waals surface area contributed by atoms with Gasteiger partial charge in [-0.1, -0.05) is 98.0 Å². The van der Waals surface area contributed by atoms with Crippen molar-refractivity contribution < 1.29 is 0 Å². The summed E-state index contributed by atoms with van der Waals surface area (Å²) in [6, 6.07) is 32.2. The molecular weight excluding hydrogens is 444 g/mol. The second kappa shape index (κ2) is 7.50. The minimum Gasteiger partial charge on any atom is -0.307 e. The van der Waals surface area contributed by atoms with E-state index >= 15 is 0 Å². The molecule has 4 aromatic carbocycles. The van der Waals surface area contributed by atoms with Gasteiger partial charge in [0, 0.05) is 31.9 Å². The number of hydrogen-bond acceptors (Lipinski definition) is 2. The maximum Gasteiger partial charge on any atom is 0.101 e. The molecule has 0 amide bonds. The van der Waals surface area contributed by atoms with Gasteiger partial charge in [-0.25, -0.2) is 0 Å². The van der Waals surface area contributed by atoms with Gasteiger partial charge in [-0.15, -0.1) is 11.8 Å². The molecular formula is C32H22N2S. The second-order valence-corrected chi connectivity index (χ2v) is 10.6. The van der Waals surface area contributed by atoms with Crippen LogP contribution in [0.5, 0.6) is 0 Å². The molecule has 35 heavy (non-hydrogen) atoms. The lowest BCUT2D eigenvalue weighted by Gasteiger charge is -2.28. The van der Waals surface area contributed by atoms with Crippen LogP contribution in [-0.2, 0) is 5.41 Å². The third kappa shape index (κ3) is 2.78. The molecule has 2 aliphatic rings. The Labute approximate surface area is 208 Å². The van der Waals surface area contributed by atoms with Crippen LogP contribution in [0.25, 0.3) is 38.6 Å². The average Bonchev–Trinajstić information content (AvgIpc) is 3.40. The third-order valence-corrected chi connectivity index (χ3v) is 9.10. The van der Waals surface area contributed by atoms with Crippen molar-refractivity contribution in [2.24, 2.45) is 0 Å². The van der Waals surface area contributed by atoms with Crippen molar-refractivity contribution in [2.75, 3.05) is 0 Å². The molecule has 2 unspecified atom stereocenters. The summed E-state index contributed by atoms with van der Waals surface area (Å²) in [7, 11) is 0. The number of rotatable bonds is 2. The number of allylic oxidation sites excluding steroid dienone is 3. The van der Waals surface area contributed by atoms with Gasteiger partial charge < -0.3 is 4.57 Å². The Morgan fingerprint density at radius 3 is 2.23 bits per heavy atom. The Bertz CT molecular complexity index is 1710. The molecule has 1 aromatic heterocycles. The van der Waals surface area contributed by atoms with Crippen LogP contribution in [-0.4, -0.2) is 9.82 Å². The highest BCUT2D eigenvalue weighted by Crippen LogP contribution is 2.55. The summed E-state index contributed by atoms with van der Waals surface area (Å²) in [5.74, 6) is 0. The zero-order valence-corrected chi connectivity index (χ0v) is 20.1. The highest BCUT2D eigenvalue weighted by Gasteiger charge is 2.42. The summed E-state index contributed by atoms with van der Waals surface area (Å²) < 4.78 is 2.28. The lowest BCUT2D eigenvalue weighted by Crippen LogP contribution is -2.28. The molecule has 0 radical (unpaired) electrons. The second-order valence-electron chi connectivity index (χ2n) is 9.43. The summed E-state index contributed by atoms with van der Waals surface area (Å²) in [5.41, 5.74) is 7.49. The van der Waals surface area contributed by atoms with Crippen LogP contribution in [0.15, 0.2) is 114 Å². The van der Waals surface area contributed by atoms with Gasteiger partial charge in [0.15, 0.2) is 0 Å². The van der Waals surface area contributed by atoms with Crippen molar-refractivity contribution in [3.05, 3.63) is 120 Å². The third-order valence-electron chi connectivity index (χ3n) is 7.52. The van der Waals surface area contributed by atoms with Gasteiger partial charge in [0.25, 0.3) is 0 Å². The van der Waals surface area contributed by atoms with Gasteiger partial charge in [-0.05, 0) is 29.3 Å². The average molecular weight is 467 g/mol. The van der Waals surface area contributed by atoms with Crippen LogP contribution in [0.2, 0.25) is 0 Å². The molecule has 0 saturated heterocycles. The van der Waals surface area contributed by atoms with E-state index in [-0.39, 0.29) is 5.41 Å². The van der Waals surface area contributed by atoms with E-state index < -0.39 is 0 Å². The highest BCUT2D eigenvalue weighted by atomic mass is 32.2. The number of para-hydroxylation sites is 3. The molecule has 2 nitrogen and oxygen atoms in total. The van der Waals surface area contributed by atoms with E-state index in [0.717, 1.165) is 22.3 Å². The fourth-order valence-electron chi connectivity index (χ4n) is 5.80. The van der Waals surface area contributed by atoms with Crippen LogP contribution in [0, 0.1) is 11.3 Å². The number of nitriles is 1. The van der Waals surface area contributed by atoms with Crippen LogP contribution < -0.4 is 0 Å². The summed E-state index contributed by atoms with van der Waals surface area (Å²) in [6.45, 7) is 2.33. The van der Waals surface area contributed by atoms with Crippen molar-refractivity contribution in [1.29, 1.82) is 5.26 Å². The summed E-state index contributed by atoms with van der Waals surface area (Å²) in [4.78, 5) is 1.31. The van der Waals surface area contributed by atoms with Crippen LogP contribution in [0.3, 0.4) is 0 Å². The number of thioether (sulfide) groups is 1. The molecule has 2 atom stereocenters. The molecule has 7 rings (SSSR count). The van der Waals surface area contributed by atoms with Gasteiger partial charge >= 0.3 is 0 Å².